The molecule has 8 rings (SSSR count). The number of nitrogens with one attached hydrogen (secondary N) is 2. The Kier molecular flexibility index (Phi) is 10.9. The summed E-state index contributed by atoms with van der Waals surface area (Å²) in [5.74, 6) is 6.57. The van der Waals surface area contributed by atoms with Gasteiger partial charge in [0.05, 0.1) is 23.5 Å². The molecule has 0 bridgehead atoms. The Bertz CT molecular complexity index is 1440. The molecule has 0 aromatic heterocycles. The van der Waals surface area contributed by atoms with Gasteiger partial charge in [-0.3, -0.25) is 19.3 Å². The number of morpholine rings is 1. The minimum atomic E-state index is -1.09. The van der Waals surface area contributed by atoms with E-state index in [9.17, 15) is 14.7 Å². The van der Waals surface area contributed by atoms with Crippen molar-refractivity contribution in [1.82, 2.24) is 15.5 Å². The molecule has 3 saturated heterocycles. The van der Waals surface area contributed by atoms with Gasteiger partial charge in [-0.1, -0.05) is 62.5 Å². The minimum absolute atomic E-state index is 0.0127. The first kappa shape index (κ1) is 36.4. The lowest BCUT2D eigenvalue weighted by Crippen LogP contribution is -2.66. The highest BCUT2D eigenvalue weighted by atomic mass is 16.6. The fourth-order valence-electron chi connectivity index (χ4n) is 13.0. The first-order valence-electron chi connectivity index (χ1n) is 21.5. The summed E-state index contributed by atoms with van der Waals surface area (Å²) in [4.78, 5) is 47.6. The van der Waals surface area contributed by atoms with Gasteiger partial charge >= 0.3 is 5.97 Å². The second kappa shape index (κ2) is 15.6. The largest absolute Gasteiger partial charge is 0.459 e. The molecule has 4 saturated carbocycles. The van der Waals surface area contributed by atoms with Gasteiger partial charge in [-0.05, 0) is 126 Å². The molecule has 3 unspecified atom stereocenters. The maximum atomic E-state index is 15.3. The Labute approximate surface area is 311 Å². The number of esters is 1. The molecule has 0 aromatic rings. The van der Waals surface area contributed by atoms with Crippen molar-refractivity contribution < 1.29 is 24.2 Å². The number of ether oxygens (including phenoxy) is 1. The average molecular weight is 714 g/mol. The molecule has 52 heavy (non-hydrogen) atoms. The van der Waals surface area contributed by atoms with E-state index in [1.165, 1.54) is 44.1 Å². The smallest absolute Gasteiger partial charge is 0.324 e. The quantitative estimate of drug-likeness (QED) is 0.168. The normalized spacial score (nSPS) is 41.5. The zero-order valence-electron chi connectivity index (χ0n) is 31.4. The highest BCUT2D eigenvalue weighted by molar-refractivity contribution is 5.99. The summed E-state index contributed by atoms with van der Waals surface area (Å²) in [6, 6.07) is -1.15. The summed E-state index contributed by atoms with van der Waals surface area (Å²) in [6.45, 7) is 4.17. The molecule has 5 aliphatic carbocycles. The zero-order valence-corrected chi connectivity index (χ0v) is 31.4. The van der Waals surface area contributed by atoms with Crippen LogP contribution in [0.3, 0.4) is 0 Å². The predicted octanol–water partition coefficient (Wildman–Crippen LogP) is 6.37. The number of fused-ring (bicyclic) bond motifs is 3. The van der Waals surface area contributed by atoms with Crippen LogP contribution < -0.4 is 10.6 Å². The number of rotatable bonds is 6. The van der Waals surface area contributed by atoms with Crippen molar-refractivity contribution in [2.24, 2.45) is 40.9 Å². The van der Waals surface area contributed by atoms with Gasteiger partial charge in [0, 0.05) is 24.5 Å². The highest BCUT2D eigenvalue weighted by Gasteiger charge is 2.77. The number of carbonyl (C=O) groups is 3. The first-order valence-corrected chi connectivity index (χ1v) is 21.5. The predicted molar refractivity (Wildman–Crippen MR) is 200 cm³/mol. The number of carbonyl (C=O) groups excluding carboxylic acids is 3. The van der Waals surface area contributed by atoms with Gasteiger partial charge in [-0.15, -0.1) is 6.58 Å². The lowest BCUT2D eigenvalue weighted by molar-refractivity contribution is -0.190. The van der Waals surface area contributed by atoms with Crippen LogP contribution in [0.1, 0.15) is 135 Å². The van der Waals surface area contributed by atoms with Crippen molar-refractivity contribution in [3.8, 4) is 11.8 Å². The Hall–Kier alpha value is -2.63. The fourth-order valence-corrected chi connectivity index (χ4v) is 13.0. The third-order valence-corrected chi connectivity index (χ3v) is 15.2. The van der Waals surface area contributed by atoms with E-state index in [0.29, 0.717) is 24.7 Å². The third kappa shape index (κ3) is 6.48. The van der Waals surface area contributed by atoms with Crippen LogP contribution >= 0.6 is 0 Å². The Morgan fingerprint density at radius 1 is 0.942 bits per heavy atom. The zero-order chi connectivity index (χ0) is 35.8. The topological polar surface area (TPSA) is 108 Å². The number of allylic oxidation sites excluding steroid dienone is 2. The summed E-state index contributed by atoms with van der Waals surface area (Å²) in [6.07, 6.45) is 24.9. The van der Waals surface area contributed by atoms with Gasteiger partial charge in [-0.25, -0.2) is 0 Å². The lowest BCUT2D eigenvalue weighted by Gasteiger charge is -2.54. The summed E-state index contributed by atoms with van der Waals surface area (Å²) >= 11 is 0. The molecule has 3 heterocycles. The molecule has 0 aromatic carbocycles. The third-order valence-electron chi connectivity index (χ3n) is 15.2. The second-order valence-electron chi connectivity index (χ2n) is 18.0. The van der Waals surface area contributed by atoms with Crippen LogP contribution in [0.5, 0.6) is 0 Å². The molecule has 8 aliphatic rings. The molecular formula is C44H63N3O5. The number of amides is 2. The fraction of sp³-hybridized carbons (Fsp3) is 0.795. The van der Waals surface area contributed by atoms with E-state index in [2.05, 4.69) is 40.0 Å². The summed E-state index contributed by atoms with van der Waals surface area (Å²) in [5.41, 5.74) is 0.152. The maximum absolute atomic E-state index is 15.3. The standard InChI is InChI=1S/C44H63N3O5/c1-2-26-45-41(49)36-38-42(50)52-39(31-16-10-5-11-17-31)37(30-14-8-4-9-15-30)47(38)40(32-21-23-33(48)24-22-32)44(36)34-27-29(20-25-35(34)46-43(44)51)19-18-28-12-6-3-7-13-28/h2,12,29-40,48H,1,3-11,13-17,20-27H2,(H,45,49)(H,46,51)/t29?,32?,33?,34?,35?,36-,37-,38-,39+,40+,44-/m0/s1. The molecule has 3 N–H and O–H groups in total. The van der Waals surface area contributed by atoms with E-state index in [-0.39, 0.29) is 72.4 Å². The number of hydrogen-bond acceptors (Lipinski definition) is 6. The molecule has 8 nitrogen and oxygen atoms in total. The van der Waals surface area contributed by atoms with Gasteiger partial charge in [0.1, 0.15) is 12.1 Å². The number of cyclic esters (lactones) is 1. The molecule has 0 radical (unpaired) electrons. The number of hydrogen-bond donors (Lipinski definition) is 3. The van der Waals surface area contributed by atoms with E-state index >= 15 is 4.79 Å². The van der Waals surface area contributed by atoms with Crippen molar-refractivity contribution in [3.63, 3.8) is 0 Å². The number of nitrogens with zero attached hydrogens (tertiary/aromatic N) is 1. The van der Waals surface area contributed by atoms with Crippen LogP contribution in [0.25, 0.3) is 0 Å². The first-order chi connectivity index (χ1) is 25.4. The van der Waals surface area contributed by atoms with Gasteiger partial charge in [0.2, 0.25) is 11.8 Å². The molecule has 2 amide bonds. The van der Waals surface area contributed by atoms with E-state index in [4.69, 9.17) is 4.74 Å². The molecule has 8 heteroatoms. The maximum Gasteiger partial charge on any atom is 0.324 e. The summed E-state index contributed by atoms with van der Waals surface area (Å²) < 4.78 is 6.76. The van der Waals surface area contributed by atoms with E-state index in [0.717, 1.165) is 83.5 Å². The van der Waals surface area contributed by atoms with E-state index in [1.807, 2.05) is 0 Å². The van der Waals surface area contributed by atoms with E-state index in [1.54, 1.807) is 6.08 Å². The minimum Gasteiger partial charge on any atom is -0.459 e. The van der Waals surface area contributed by atoms with Crippen molar-refractivity contribution >= 4 is 17.8 Å². The van der Waals surface area contributed by atoms with Crippen LogP contribution in [0.2, 0.25) is 0 Å². The van der Waals surface area contributed by atoms with Crippen molar-refractivity contribution in [3.05, 3.63) is 24.3 Å². The van der Waals surface area contributed by atoms with Gasteiger partial charge in [-0.2, -0.15) is 0 Å². The van der Waals surface area contributed by atoms with Crippen LogP contribution in [-0.4, -0.2) is 70.7 Å². The second-order valence-corrected chi connectivity index (χ2v) is 18.0. The van der Waals surface area contributed by atoms with Crippen LogP contribution in [0, 0.1) is 52.8 Å². The van der Waals surface area contributed by atoms with Gasteiger partial charge in [0.25, 0.3) is 0 Å². The SMILES string of the molecule is C=CCNC(=O)[C@@H]1[C@H]2C(=O)O[C@H](C3CCCCC3)[C@H](C3CCCCC3)N2[C@H](C2CCC(O)CC2)[C@@]12C(=O)NC1CCC(C#CC3=CCCCC3)CC12. The van der Waals surface area contributed by atoms with Crippen LogP contribution in [0.4, 0.5) is 0 Å². The number of aliphatic hydroxyl groups is 1. The van der Waals surface area contributed by atoms with Crippen molar-refractivity contribution in [1.29, 1.82) is 0 Å². The Morgan fingerprint density at radius 2 is 1.67 bits per heavy atom. The van der Waals surface area contributed by atoms with Gasteiger partial charge in [0.15, 0.2) is 0 Å². The number of aliphatic hydroxyl groups excluding tert-OH is 1. The van der Waals surface area contributed by atoms with Crippen LogP contribution in [-0.2, 0) is 19.1 Å². The van der Waals surface area contributed by atoms with Crippen LogP contribution in [0.15, 0.2) is 24.3 Å². The van der Waals surface area contributed by atoms with Crippen molar-refractivity contribution in [2.45, 2.75) is 171 Å². The molecule has 9 atom stereocenters. The average Bonchev–Trinajstić information content (AvgIpc) is 3.66. The van der Waals surface area contributed by atoms with Crippen molar-refractivity contribution in [2.75, 3.05) is 6.54 Å². The molecule has 7 fully saturated rings. The summed E-state index contributed by atoms with van der Waals surface area (Å²) in [7, 11) is 0. The van der Waals surface area contributed by atoms with E-state index < -0.39 is 17.4 Å². The Morgan fingerprint density at radius 3 is 2.37 bits per heavy atom. The summed E-state index contributed by atoms with van der Waals surface area (Å²) in [5, 5.41) is 17.4. The monoisotopic (exact) mass is 713 g/mol. The van der Waals surface area contributed by atoms with Gasteiger partial charge < -0.3 is 20.5 Å². The molecule has 284 valence electrons. The molecular weight excluding hydrogens is 650 g/mol. The molecule has 1 spiro atoms. The Balaban J connectivity index is 1.28. The lowest BCUT2D eigenvalue weighted by atomic mass is 9.55. The molecule has 3 aliphatic heterocycles. The highest BCUT2D eigenvalue weighted by Crippen LogP contribution is 2.64.